The van der Waals surface area contributed by atoms with E-state index in [-0.39, 0.29) is 23.8 Å². The predicted molar refractivity (Wildman–Crippen MR) is 142 cm³/mol. The third kappa shape index (κ3) is 6.17. The molecule has 1 amide bonds. The molecular formula is C29H22FN2O5P. The molecule has 0 saturated heterocycles. The van der Waals surface area contributed by atoms with Crippen molar-refractivity contribution in [1.29, 1.82) is 0 Å². The normalized spacial score (nSPS) is 11.1. The first-order valence-corrected chi connectivity index (χ1v) is 13.1. The summed E-state index contributed by atoms with van der Waals surface area (Å²) in [6, 6.07) is 31.3. The quantitative estimate of drug-likeness (QED) is 0.208. The lowest BCUT2D eigenvalue weighted by molar-refractivity contribution is 0.0946. The van der Waals surface area contributed by atoms with E-state index < -0.39 is 13.7 Å². The van der Waals surface area contributed by atoms with E-state index in [1.54, 1.807) is 103 Å². The lowest BCUT2D eigenvalue weighted by Gasteiger charge is -2.20. The van der Waals surface area contributed by atoms with Crippen molar-refractivity contribution in [2.24, 2.45) is 0 Å². The number of phosphoric ester groups is 1. The summed E-state index contributed by atoms with van der Waals surface area (Å²) in [7, 11) is -4.26. The minimum Gasteiger partial charge on any atom is -0.386 e. The summed E-state index contributed by atoms with van der Waals surface area (Å²) in [6.07, 6.45) is 0. The second-order valence-corrected chi connectivity index (χ2v) is 9.62. The number of nitrogens with one attached hydrogen (secondary N) is 1. The fourth-order valence-corrected chi connectivity index (χ4v) is 4.85. The van der Waals surface area contributed by atoms with Gasteiger partial charge in [-0.1, -0.05) is 66.7 Å². The van der Waals surface area contributed by atoms with E-state index in [9.17, 15) is 13.8 Å². The summed E-state index contributed by atoms with van der Waals surface area (Å²) >= 11 is 0. The molecule has 0 aliphatic rings. The predicted octanol–water partition coefficient (Wildman–Crippen LogP) is 6.95. The van der Waals surface area contributed by atoms with Crippen molar-refractivity contribution in [3.8, 4) is 17.2 Å². The van der Waals surface area contributed by atoms with Crippen molar-refractivity contribution in [3.05, 3.63) is 132 Å². The average Bonchev–Trinajstić information content (AvgIpc) is 2.93. The molecule has 190 valence electrons. The number of rotatable bonds is 9. The largest absolute Gasteiger partial charge is 0.647 e. The number of fused-ring (bicyclic) bond motifs is 1. The van der Waals surface area contributed by atoms with Crippen LogP contribution in [0.2, 0.25) is 0 Å². The van der Waals surface area contributed by atoms with Crippen molar-refractivity contribution in [2.75, 3.05) is 0 Å². The van der Waals surface area contributed by atoms with Gasteiger partial charge in [-0.25, -0.2) is 9.37 Å². The van der Waals surface area contributed by atoms with Gasteiger partial charge in [-0.2, -0.15) is 4.57 Å². The third-order valence-electron chi connectivity index (χ3n) is 5.41. The number of para-hydroxylation sites is 3. The van der Waals surface area contributed by atoms with E-state index in [1.807, 2.05) is 0 Å². The molecule has 0 radical (unpaired) electrons. The van der Waals surface area contributed by atoms with Gasteiger partial charge in [0, 0.05) is 11.9 Å². The Kier molecular flexibility index (Phi) is 7.33. The van der Waals surface area contributed by atoms with Crippen molar-refractivity contribution < 1.29 is 27.3 Å². The van der Waals surface area contributed by atoms with Crippen LogP contribution >= 0.6 is 7.82 Å². The number of hydrogen-bond donors (Lipinski definition) is 1. The molecule has 1 aromatic heterocycles. The van der Waals surface area contributed by atoms with Crippen LogP contribution in [0.25, 0.3) is 10.9 Å². The summed E-state index contributed by atoms with van der Waals surface area (Å²) in [5.74, 6) is -0.0867. The summed E-state index contributed by atoms with van der Waals surface area (Å²) < 4.78 is 44.3. The van der Waals surface area contributed by atoms with Gasteiger partial charge >= 0.3 is 7.82 Å². The second-order valence-electron chi connectivity index (χ2n) is 8.18. The van der Waals surface area contributed by atoms with Crippen molar-refractivity contribution in [2.45, 2.75) is 6.54 Å². The number of carbonyl (C=O) groups excluding carboxylic acids is 1. The van der Waals surface area contributed by atoms with Gasteiger partial charge < -0.3 is 18.9 Å². The van der Waals surface area contributed by atoms with Gasteiger partial charge in [-0.15, -0.1) is 0 Å². The molecule has 0 saturated carbocycles. The average molecular weight is 528 g/mol. The van der Waals surface area contributed by atoms with Gasteiger partial charge in [-0.3, -0.25) is 4.79 Å². The smallest absolute Gasteiger partial charge is 0.386 e. The van der Waals surface area contributed by atoms with E-state index in [4.69, 9.17) is 13.6 Å². The summed E-state index contributed by atoms with van der Waals surface area (Å²) in [4.78, 5) is 17.3. The highest BCUT2D eigenvalue weighted by Crippen LogP contribution is 2.50. The van der Waals surface area contributed by atoms with Crippen molar-refractivity contribution >= 4 is 24.6 Å². The SMILES string of the molecule is O=C(NCc1ccc(F)cc1)c1ccc2cccc(OP(=O)(Oc3ccccc3)Oc3ccccc3)c2n1. The topological polar surface area (TPSA) is 86.8 Å². The van der Waals surface area contributed by atoms with Crippen LogP contribution < -0.4 is 18.9 Å². The third-order valence-corrected chi connectivity index (χ3v) is 6.70. The van der Waals surface area contributed by atoms with E-state index >= 15 is 0 Å². The zero-order valence-corrected chi connectivity index (χ0v) is 20.9. The summed E-state index contributed by atoms with van der Waals surface area (Å²) in [5.41, 5.74) is 1.16. The zero-order chi connectivity index (χ0) is 26.4. The van der Waals surface area contributed by atoms with Gasteiger partial charge in [0.1, 0.15) is 28.5 Å². The molecule has 0 unspecified atom stereocenters. The molecule has 0 spiro atoms. The van der Waals surface area contributed by atoms with Gasteiger partial charge in [-0.05, 0) is 54.1 Å². The van der Waals surface area contributed by atoms with Gasteiger partial charge in [0.15, 0.2) is 5.75 Å². The van der Waals surface area contributed by atoms with Crippen LogP contribution in [-0.4, -0.2) is 10.9 Å². The number of amides is 1. The maximum atomic E-state index is 13.9. The first-order chi connectivity index (χ1) is 18.5. The molecule has 0 aliphatic heterocycles. The lowest BCUT2D eigenvalue weighted by Crippen LogP contribution is -2.23. The highest BCUT2D eigenvalue weighted by Gasteiger charge is 2.34. The van der Waals surface area contributed by atoms with Crippen LogP contribution in [0, 0.1) is 5.82 Å². The number of carbonyl (C=O) groups is 1. The molecule has 4 aromatic carbocycles. The van der Waals surface area contributed by atoms with Crippen LogP contribution in [0.1, 0.15) is 16.1 Å². The number of hydrogen-bond acceptors (Lipinski definition) is 6. The lowest BCUT2D eigenvalue weighted by atomic mass is 10.2. The number of aromatic nitrogens is 1. The number of benzene rings is 4. The molecule has 38 heavy (non-hydrogen) atoms. The van der Waals surface area contributed by atoms with Gasteiger partial charge in [0.2, 0.25) is 0 Å². The number of halogens is 1. The number of nitrogens with zero attached hydrogens (tertiary/aromatic N) is 1. The molecule has 1 heterocycles. The van der Waals surface area contributed by atoms with E-state index in [2.05, 4.69) is 10.3 Å². The van der Waals surface area contributed by atoms with Crippen LogP contribution in [0.4, 0.5) is 4.39 Å². The molecule has 9 heteroatoms. The first kappa shape index (κ1) is 25.0. The van der Waals surface area contributed by atoms with Crippen molar-refractivity contribution in [1.82, 2.24) is 10.3 Å². The van der Waals surface area contributed by atoms with Crippen molar-refractivity contribution in [3.63, 3.8) is 0 Å². The summed E-state index contributed by atoms with van der Waals surface area (Å²) in [5, 5.41) is 3.42. The van der Waals surface area contributed by atoms with E-state index in [0.29, 0.717) is 22.4 Å². The summed E-state index contributed by atoms with van der Waals surface area (Å²) in [6.45, 7) is 0.196. The number of phosphoric acid groups is 1. The monoisotopic (exact) mass is 528 g/mol. The van der Waals surface area contributed by atoms with E-state index in [0.717, 1.165) is 5.56 Å². The Morgan fingerprint density at radius 1 is 0.737 bits per heavy atom. The molecule has 0 fully saturated rings. The molecule has 0 atom stereocenters. The maximum absolute atomic E-state index is 13.9. The Bertz CT molecular complexity index is 1550. The minimum atomic E-state index is -4.26. The van der Waals surface area contributed by atoms with Gasteiger partial charge in [0.25, 0.3) is 5.91 Å². The minimum absolute atomic E-state index is 0.117. The van der Waals surface area contributed by atoms with E-state index in [1.165, 1.54) is 12.1 Å². The zero-order valence-electron chi connectivity index (χ0n) is 20.0. The maximum Gasteiger partial charge on any atom is 0.647 e. The molecule has 5 aromatic rings. The van der Waals surface area contributed by atoms with Crippen LogP contribution in [0.5, 0.6) is 17.2 Å². The second kappa shape index (κ2) is 11.2. The molecule has 5 rings (SSSR count). The molecule has 1 N–H and O–H groups in total. The molecule has 0 bridgehead atoms. The molecular weight excluding hydrogens is 506 g/mol. The highest BCUT2D eigenvalue weighted by molar-refractivity contribution is 7.49. The Hall–Kier alpha value is -4.68. The Balaban J connectivity index is 1.43. The molecule has 7 nitrogen and oxygen atoms in total. The Morgan fingerprint density at radius 3 is 2.00 bits per heavy atom. The fraction of sp³-hybridized carbons (Fsp3) is 0.0345. The standard InChI is InChI=1S/C29H22FN2O5P/c30-23-17-14-21(15-18-23)20-31-29(33)26-19-16-22-8-7-13-27(28(22)32-26)37-38(34,35-24-9-3-1-4-10-24)36-25-11-5-2-6-12-25/h1-19H,20H2,(H,31,33). The fourth-order valence-electron chi connectivity index (χ4n) is 3.59. The van der Waals surface area contributed by atoms with Crippen LogP contribution in [0.15, 0.2) is 115 Å². The highest BCUT2D eigenvalue weighted by atomic mass is 31.2. The van der Waals surface area contributed by atoms with Gasteiger partial charge in [0.05, 0.1) is 0 Å². The Labute approximate surface area is 218 Å². The number of pyridine rings is 1. The van der Waals surface area contributed by atoms with Crippen LogP contribution in [0.3, 0.4) is 0 Å². The molecule has 0 aliphatic carbocycles. The Morgan fingerprint density at radius 2 is 1.37 bits per heavy atom. The van der Waals surface area contributed by atoms with Crippen LogP contribution in [-0.2, 0) is 11.1 Å². The first-order valence-electron chi connectivity index (χ1n) is 11.7.